The third-order valence-corrected chi connectivity index (χ3v) is 5.69. The second kappa shape index (κ2) is 9.69. The van der Waals surface area contributed by atoms with Gasteiger partial charge in [-0.15, -0.1) is 0 Å². The molecule has 0 spiro atoms. The number of rotatable bonds is 8. The Morgan fingerprint density at radius 3 is 2.31 bits per heavy atom. The van der Waals surface area contributed by atoms with Gasteiger partial charge in [0, 0.05) is 5.69 Å². The third-order valence-electron chi connectivity index (χ3n) is 5.69. The smallest absolute Gasteiger partial charge is 0.244 e. The Labute approximate surface area is 189 Å². The molecule has 0 atom stereocenters. The minimum atomic E-state index is -0.0691. The third kappa shape index (κ3) is 4.67. The fourth-order valence-corrected chi connectivity index (χ4v) is 3.92. The molecule has 1 heterocycles. The van der Waals surface area contributed by atoms with E-state index in [9.17, 15) is 4.79 Å². The Kier molecular flexibility index (Phi) is 6.55. The summed E-state index contributed by atoms with van der Waals surface area (Å²) in [5, 5.41) is 3.16. The molecule has 5 heteroatoms. The molecule has 0 radical (unpaired) electrons. The minimum Gasteiger partial charge on any atom is -0.486 e. The number of ether oxygens (including phenoxy) is 1. The van der Waals surface area contributed by atoms with Gasteiger partial charge >= 0.3 is 0 Å². The van der Waals surface area contributed by atoms with Gasteiger partial charge in [-0.2, -0.15) is 0 Å². The monoisotopic (exact) mass is 427 g/mol. The van der Waals surface area contributed by atoms with Crippen LogP contribution in [0.4, 0.5) is 5.69 Å². The van der Waals surface area contributed by atoms with Crippen LogP contribution in [0, 0.1) is 6.92 Å². The quantitative estimate of drug-likeness (QED) is 0.393. The van der Waals surface area contributed by atoms with E-state index in [4.69, 9.17) is 9.72 Å². The van der Waals surface area contributed by atoms with Crippen LogP contribution in [-0.2, 0) is 30.8 Å². The highest BCUT2D eigenvalue weighted by atomic mass is 16.5. The standard InChI is InChI=1S/C27H29N3O2/c1-4-20-9-8-10-21(5-2)27(20)29-26(31)17-30-24-12-7-6-11-23(24)28-25(30)18-32-22-15-13-19(3)14-16-22/h6-16H,4-5,17-18H2,1-3H3,(H,29,31). The normalized spacial score (nSPS) is 11.0. The minimum absolute atomic E-state index is 0.0691. The maximum Gasteiger partial charge on any atom is 0.244 e. The summed E-state index contributed by atoms with van der Waals surface area (Å²) in [6.45, 7) is 6.72. The number of nitrogens with one attached hydrogen (secondary N) is 1. The first-order valence-corrected chi connectivity index (χ1v) is 11.1. The molecule has 0 unspecified atom stereocenters. The molecule has 0 fully saturated rings. The largest absolute Gasteiger partial charge is 0.486 e. The van der Waals surface area contributed by atoms with Gasteiger partial charge in [0.15, 0.2) is 0 Å². The Morgan fingerprint density at radius 1 is 0.938 bits per heavy atom. The van der Waals surface area contributed by atoms with Crippen LogP contribution in [0.15, 0.2) is 66.7 Å². The molecule has 0 saturated carbocycles. The second-order valence-electron chi connectivity index (χ2n) is 7.91. The van der Waals surface area contributed by atoms with Gasteiger partial charge in [0.1, 0.15) is 24.7 Å². The topological polar surface area (TPSA) is 56.2 Å². The number of aryl methyl sites for hydroxylation is 3. The molecule has 4 aromatic rings. The Balaban J connectivity index is 1.59. The summed E-state index contributed by atoms with van der Waals surface area (Å²) >= 11 is 0. The average molecular weight is 428 g/mol. The zero-order valence-corrected chi connectivity index (χ0v) is 18.9. The second-order valence-corrected chi connectivity index (χ2v) is 7.91. The van der Waals surface area contributed by atoms with Crippen LogP contribution in [-0.4, -0.2) is 15.5 Å². The van der Waals surface area contributed by atoms with Crippen LogP contribution < -0.4 is 10.1 Å². The first-order valence-electron chi connectivity index (χ1n) is 11.1. The van der Waals surface area contributed by atoms with Crippen molar-refractivity contribution in [2.45, 2.75) is 46.8 Å². The van der Waals surface area contributed by atoms with Crippen LogP contribution in [0.1, 0.15) is 36.4 Å². The molecule has 0 bridgehead atoms. The van der Waals surface area contributed by atoms with Crippen LogP contribution in [0.3, 0.4) is 0 Å². The maximum absolute atomic E-state index is 13.1. The molecule has 5 nitrogen and oxygen atoms in total. The van der Waals surface area contributed by atoms with Gasteiger partial charge in [0.2, 0.25) is 5.91 Å². The molecule has 0 saturated heterocycles. The van der Waals surface area contributed by atoms with E-state index in [2.05, 4.69) is 37.4 Å². The number of hydrogen-bond acceptors (Lipinski definition) is 3. The number of fused-ring (bicyclic) bond motifs is 1. The number of anilines is 1. The van der Waals surface area contributed by atoms with Crippen molar-refractivity contribution in [1.82, 2.24) is 9.55 Å². The zero-order chi connectivity index (χ0) is 22.5. The number of amides is 1. The molecular weight excluding hydrogens is 398 g/mol. The van der Waals surface area contributed by atoms with Gasteiger partial charge in [0.05, 0.1) is 11.0 Å². The predicted molar refractivity (Wildman–Crippen MR) is 129 cm³/mol. The van der Waals surface area contributed by atoms with E-state index in [-0.39, 0.29) is 19.1 Å². The number of benzene rings is 3. The van der Waals surface area contributed by atoms with Crippen LogP contribution in [0.25, 0.3) is 11.0 Å². The maximum atomic E-state index is 13.1. The molecule has 3 aromatic carbocycles. The molecule has 0 aliphatic heterocycles. The molecule has 1 aromatic heterocycles. The number of para-hydroxylation sites is 3. The van der Waals surface area contributed by atoms with Crippen molar-refractivity contribution in [2.75, 3.05) is 5.32 Å². The highest BCUT2D eigenvalue weighted by molar-refractivity contribution is 5.93. The van der Waals surface area contributed by atoms with Crippen molar-refractivity contribution < 1.29 is 9.53 Å². The van der Waals surface area contributed by atoms with Crippen LogP contribution >= 0.6 is 0 Å². The van der Waals surface area contributed by atoms with E-state index in [1.165, 1.54) is 5.56 Å². The fourth-order valence-electron chi connectivity index (χ4n) is 3.92. The summed E-state index contributed by atoms with van der Waals surface area (Å²) in [6.07, 6.45) is 1.74. The number of nitrogens with zero attached hydrogens (tertiary/aromatic N) is 2. The summed E-state index contributed by atoms with van der Waals surface area (Å²) in [6, 6.07) is 22.0. The highest BCUT2D eigenvalue weighted by Gasteiger charge is 2.16. The van der Waals surface area contributed by atoms with Gasteiger partial charge < -0.3 is 14.6 Å². The SMILES string of the molecule is CCc1cccc(CC)c1NC(=O)Cn1c(COc2ccc(C)cc2)nc2ccccc21. The lowest BCUT2D eigenvalue weighted by atomic mass is 10.0. The fraction of sp³-hybridized carbons (Fsp3) is 0.259. The summed E-state index contributed by atoms with van der Waals surface area (Å²) in [4.78, 5) is 17.9. The summed E-state index contributed by atoms with van der Waals surface area (Å²) in [7, 11) is 0. The van der Waals surface area contributed by atoms with E-state index in [0.29, 0.717) is 0 Å². The van der Waals surface area contributed by atoms with E-state index >= 15 is 0 Å². The zero-order valence-electron chi connectivity index (χ0n) is 18.9. The molecular formula is C27H29N3O2. The lowest BCUT2D eigenvalue weighted by Gasteiger charge is -2.16. The van der Waals surface area contributed by atoms with Gasteiger partial charge in [-0.3, -0.25) is 4.79 Å². The highest BCUT2D eigenvalue weighted by Crippen LogP contribution is 2.24. The Morgan fingerprint density at radius 2 is 1.62 bits per heavy atom. The van der Waals surface area contributed by atoms with Crippen molar-refractivity contribution in [3.8, 4) is 5.75 Å². The van der Waals surface area contributed by atoms with Crippen molar-refractivity contribution in [3.63, 3.8) is 0 Å². The summed E-state index contributed by atoms with van der Waals surface area (Å²) < 4.78 is 7.92. The van der Waals surface area contributed by atoms with Gasteiger partial charge in [-0.25, -0.2) is 4.98 Å². The molecule has 0 aliphatic carbocycles. The number of imidazole rings is 1. The lowest BCUT2D eigenvalue weighted by Crippen LogP contribution is -2.22. The number of aromatic nitrogens is 2. The van der Waals surface area contributed by atoms with Crippen LogP contribution in [0.2, 0.25) is 0 Å². The number of carbonyl (C=O) groups is 1. The lowest BCUT2D eigenvalue weighted by molar-refractivity contribution is -0.116. The van der Waals surface area contributed by atoms with E-state index in [0.717, 1.165) is 52.3 Å². The molecule has 164 valence electrons. The first-order chi connectivity index (χ1) is 15.6. The molecule has 1 amide bonds. The number of hydrogen-bond donors (Lipinski definition) is 1. The van der Waals surface area contributed by atoms with Gasteiger partial charge in [-0.05, 0) is 55.2 Å². The summed E-state index contributed by atoms with van der Waals surface area (Å²) in [5.74, 6) is 1.44. The van der Waals surface area contributed by atoms with Gasteiger partial charge in [-0.1, -0.05) is 61.9 Å². The van der Waals surface area contributed by atoms with Crippen LogP contribution in [0.5, 0.6) is 5.75 Å². The number of carbonyl (C=O) groups excluding carboxylic acids is 1. The van der Waals surface area contributed by atoms with E-state index < -0.39 is 0 Å². The first kappa shape index (κ1) is 21.6. The van der Waals surface area contributed by atoms with Crippen molar-refractivity contribution in [2.24, 2.45) is 0 Å². The molecule has 32 heavy (non-hydrogen) atoms. The summed E-state index contributed by atoms with van der Waals surface area (Å²) in [5.41, 5.74) is 6.19. The molecule has 1 N–H and O–H groups in total. The van der Waals surface area contributed by atoms with Crippen molar-refractivity contribution in [3.05, 3.63) is 89.2 Å². The van der Waals surface area contributed by atoms with E-state index in [1.807, 2.05) is 60.0 Å². The van der Waals surface area contributed by atoms with Crippen molar-refractivity contribution in [1.29, 1.82) is 0 Å². The van der Waals surface area contributed by atoms with Gasteiger partial charge in [0.25, 0.3) is 0 Å². The Hall–Kier alpha value is -3.60. The van der Waals surface area contributed by atoms with E-state index in [1.54, 1.807) is 0 Å². The Bertz CT molecular complexity index is 1200. The molecule has 4 rings (SSSR count). The van der Waals surface area contributed by atoms with Crippen molar-refractivity contribution >= 4 is 22.6 Å². The predicted octanol–water partition coefficient (Wildman–Crippen LogP) is 5.69. The average Bonchev–Trinajstić information content (AvgIpc) is 3.16. The molecule has 0 aliphatic rings.